The molecule has 4 rings (SSSR count). The number of nitrogens with zero attached hydrogens (tertiary/aromatic N) is 3. The lowest BCUT2D eigenvalue weighted by molar-refractivity contribution is -0.0337. The lowest BCUT2D eigenvalue weighted by Gasteiger charge is -2.32. The largest absolute Gasteiger partial charge is 0.491 e. The number of amides is 2. The summed E-state index contributed by atoms with van der Waals surface area (Å²) < 4.78 is 39.2. The molecule has 1 aliphatic heterocycles. The van der Waals surface area contributed by atoms with Crippen molar-refractivity contribution in [2.75, 3.05) is 31.6 Å². The Hall–Kier alpha value is -3.17. The third-order valence-corrected chi connectivity index (χ3v) is 5.18. The van der Waals surface area contributed by atoms with E-state index in [0.29, 0.717) is 37.7 Å². The molecule has 1 aliphatic rings. The first-order valence-corrected chi connectivity index (χ1v) is 10.4. The van der Waals surface area contributed by atoms with Gasteiger partial charge in [-0.25, -0.2) is 13.6 Å². The molecule has 32 heavy (non-hydrogen) atoms. The number of benzene rings is 2. The van der Waals surface area contributed by atoms with Crippen LogP contribution in [-0.4, -0.2) is 53.1 Å². The molecule has 168 valence electrons. The average Bonchev–Trinajstić information content (AvgIpc) is 3.23. The van der Waals surface area contributed by atoms with Gasteiger partial charge < -0.3 is 19.7 Å². The lowest BCUT2D eigenvalue weighted by Crippen LogP contribution is -2.49. The molecule has 0 bridgehead atoms. The molecule has 1 unspecified atom stereocenters. The van der Waals surface area contributed by atoms with Crippen LogP contribution < -0.4 is 10.1 Å². The standard InChI is InChI=1S/C22H21ClF2N4O3/c23-20-9-18(5-6-21(20)25)32-14-19-13-28(7-8-31-19)22(30)27-17-10-26-29(12-17)11-15-1-3-16(24)4-2-15/h1-6,9-10,12,19H,7-8,11,13-14H2,(H,27,30). The van der Waals surface area contributed by atoms with Crippen molar-refractivity contribution in [3.63, 3.8) is 0 Å². The van der Waals surface area contributed by atoms with Gasteiger partial charge in [0.15, 0.2) is 0 Å². The molecule has 1 aromatic heterocycles. The van der Waals surface area contributed by atoms with Crippen molar-refractivity contribution >= 4 is 23.3 Å². The summed E-state index contributed by atoms with van der Waals surface area (Å²) in [6, 6.07) is 10.00. The van der Waals surface area contributed by atoms with Gasteiger partial charge in [0.1, 0.15) is 30.1 Å². The zero-order valence-corrected chi connectivity index (χ0v) is 17.8. The van der Waals surface area contributed by atoms with Crippen LogP contribution in [0.2, 0.25) is 5.02 Å². The number of hydrogen-bond donors (Lipinski definition) is 1. The highest BCUT2D eigenvalue weighted by Crippen LogP contribution is 2.21. The van der Waals surface area contributed by atoms with E-state index in [0.717, 1.165) is 5.56 Å². The van der Waals surface area contributed by atoms with Crippen LogP contribution in [0.3, 0.4) is 0 Å². The van der Waals surface area contributed by atoms with Crippen LogP contribution in [0, 0.1) is 11.6 Å². The van der Waals surface area contributed by atoms with Gasteiger partial charge in [-0.1, -0.05) is 23.7 Å². The maximum atomic E-state index is 13.3. The van der Waals surface area contributed by atoms with E-state index in [2.05, 4.69) is 10.4 Å². The number of rotatable bonds is 6. The second kappa shape index (κ2) is 9.97. The molecule has 0 saturated carbocycles. The molecule has 0 spiro atoms. The monoisotopic (exact) mass is 462 g/mol. The number of morpholine rings is 1. The third-order valence-electron chi connectivity index (χ3n) is 4.90. The van der Waals surface area contributed by atoms with Gasteiger partial charge in [-0.15, -0.1) is 0 Å². The van der Waals surface area contributed by atoms with Gasteiger partial charge in [-0.3, -0.25) is 4.68 Å². The molecule has 10 heteroatoms. The van der Waals surface area contributed by atoms with Crippen LogP contribution >= 0.6 is 11.6 Å². The van der Waals surface area contributed by atoms with Gasteiger partial charge in [-0.05, 0) is 29.8 Å². The van der Waals surface area contributed by atoms with E-state index in [9.17, 15) is 13.6 Å². The number of carbonyl (C=O) groups excluding carboxylic acids is 1. The second-order valence-electron chi connectivity index (χ2n) is 7.31. The maximum absolute atomic E-state index is 13.3. The Morgan fingerprint density at radius 3 is 2.84 bits per heavy atom. The molecule has 2 heterocycles. The van der Waals surface area contributed by atoms with Gasteiger partial charge in [0.2, 0.25) is 0 Å². The van der Waals surface area contributed by atoms with Crippen LogP contribution in [0.15, 0.2) is 54.9 Å². The van der Waals surface area contributed by atoms with Crippen molar-refractivity contribution in [1.29, 1.82) is 0 Å². The molecule has 7 nitrogen and oxygen atoms in total. The summed E-state index contributed by atoms with van der Waals surface area (Å²) in [6.07, 6.45) is 2.93. The SMILES string of the molecule is O=C(Nc1cnn(Cc2ccc(F)cc2)c1)N1CCOC(COc2ccc(F)c(Cl)c2)C1. The fourth-order valence-corrected chi connectivity index (χ4v) is 3.42. The van der Waals surface area contributed by atoms with Crippen molar-refractivity contribution in [2.45, 2.75) is 12.6 Å². The third kappa shape index (κ3) is 5.74. The Morgan fingerprint density at radius 2 is 2.06 bits per heavy atom. The first-order chi connectivity index (χ1) is 15.5. The highest BCUT2D eigenvalue weighted by molar-refractivity contribution is 6.30. The maximum Gasteiger partial charge on any atom is 0.322 e. The number of urea groups is 1. The molecular weight excluding hydrogens is 442 g/mol. The zero-order chi connectivity index (χ0) is 22.5. The summed E-state index contributed by atoms with van der Waals surface area (Å²) >= 11 is 5.76. The second-order valence-corrected chi connectivity index (χ2v) is 7.72. The van der Waals surface area contributed by atoms with Crippen LogP contribution in [-0.2, 0) is 11.3 Å². The minimum Gasteiger partial charge on any atom is -0.491 e. The molecule has 1 saturated heterocycles. The molecule has 0 aliphatic carbocycles. The Balaban J connectivity index is 1.28. The Labute approximate surface area is 188 Å². The lowest BCUT2D eigenvalue weighted by atomic mass is 10.2. The molecule has 0 radical (unpaired) electrons. The van der Waals surface area contributed by atoms with E-state index in [1.165, 1.54) is 30.3 Å². The van der Waals surface area contributed by atoms with E-state index in [-0.39, 0.29) is 29.6 Å². The van der Waals surface area contributed by atoms with Gasteiger partial charge in [-0.2, -0.15) is 5.10 Å². The van der Waals surface area contributed by atoms with Gasteiger partial charge in [0.05, 0.1) is 36.6 Å². The number of aromatic nitrogens is 2. The number of hydrogen-bond acceptors (Lipinski definition) is 4. The van der Waals surface area contributed by atoms with E-state index in [1.54, 1.807) is 34.1 Å². The Bertz CT molecular complexity index is 1080. The molecule has 2 aromatic carbocycles. The van der Waals surface area contributed by atoms with E-state index in [4.69, 9.17) is 21.1 Å². The molecule has 1 atom stereocenters. The van der Waals surface area contributed by atoms with E-state index in [1.807, 2.05) is 0 Å². The molecule has 1 fully saturated rings. The normalized spacial score (nSPS) is 16.1. The van der Waals surface area contributed by atoms with Crippen molar-refractivity contribution in [2.24, 2.45) is 0 Å². The van der Waals surface area contributed by atoms with E-state index < -0.39 is 5.82 Å². The fraction of sp³-hybridized carbons (Fsp3) is 0.273. The minimum atomic E-state index is -0.517. The highest BCUT2D eigenvalue weighted by atomic mass is 35.5. The number of ether oxygens (including phenoxy) is 2. The molecule has 1 N–H and O–H groups in total. The summed E-state index contributed by atoms with van der Waals surface area (Å²) in [4.78, 5) is 14.3. The molecule has 3 aromatic rings. The van der Waals surface area contributed by atoms with Crippen LogP contribution in [0.1, 0.15) is 5.56 Å². The Morgan fingerprint density at radius 1 is 1.25 bits per heavy atom. The van der Waals surface area contributed by atoms with Gasteiger partial charge in [0.25, 0.3) is 0 Å². The van der Waals surface area contributed by atoms with Crippen LogP contribution in [0.25, 0.3) is 0 Å². The van der Waals surface area contributed by atoms with Crippen molar-refractivity contribution in [1.82, 2.24) is 14.7 Å². The first-order valence-electron chi connectivity index (χ1n) is 9.98. The van der Waals surface area contributed by atoms with E-state index >= 15 is 0 Å². The quantitative estimate of drug-likeness (QED) is 0.597. The predicted molar refractivity (Wildman–Crippen MR) is 115 cm³/mol. The Kier molecular flexibility index (Phi) is 6.87. The van der Waals surface area contributed by atoms with Crippen molar-refractivity contribution in [3.8, 4) is 5.75 Å². The number of carbonyl (C=O) groups is 1. The van der Waals surface area contributed by atoms with Gasteiger partial charge >= 0.3 is 6.03 Å². The summed E-state index contributed by atoms with van der Waals surface area (Å²) in [5, 5.41) is 7.03. The van der Waals surface area contributed by atoms with Crippen molar-refractivity contribution in [3.05, 3.63) is 77.1 Å². The van der Waals surface area contributed by atoms with Crippen LogP contribution in [0.4, 0.5) is 19.3 Å². The predicted octanol–water partition coefficient (Wildman–Crippen LogP) is 4.17. The minimum absolute atomic E-state index is 0.0203. The van der Waals surface area contributed by atoms with Crippen molar-refractivity contribution < 1.29 is 23.0 Å². The highest BCUT2D eigenvalue weighted by Gasteiger charge is 2.25. The first kappa shape index (κ1) is 22.0. The topological polar surface area (TPSA) is 68.6 Å². The average molecular weight is 463 g/mol. The van der Waals surface area contributed by atoms with Crippen LogP contribution in [0.5, 0.6) is 5.75 Å². The molecular formula is C22H21ClF2N4O3. The summed E-state index contributed by atoms with van der Waals surface area (Å²) in [6.45, 7) is 1.80. The fourth-order valence-electron chi connectivity index (χ4n) is 3.25. The zero-order valence-electron chi connectivity index (χ0n) is 17.0. The number of anilines is 1. The summed E-state index contributed by atoms with van der Waals surface area (Å²) in [5.74, 6) is -0.384. The summed E-state index contributed by atoms with van der Waals surface area (Å²) in [5.41, 5.74) is 1.45. The number of halogens is 3. The number of nitrogens with one attached hydrogen (secondary N) is 1. The summed E-state index contributed by atoms with van der Waals surface area (Å²) in [7, 11) is 0. The molecule has 2 amide bonds. The smallest absolute Gasteiger partial charge is 0.322 e. The van der Waals surface area contributed by atoms with Gasteiger partial charge in [0, 0.05) is 18.8 Å².